The molecule has 2 heterocycles. The Bertz CT molecular complexity index is 1830. The third-order valence-electron chi connectivity index (χ3n) is 7.18. The summed E-state index contributed by atoms with van der Waals surface area (Å²) in [6, 6.07) is 34.1. The van der Waals surface area contributed by atoms with E-state index in [9.17, 15) is 15.8 Å². The largest absolute Gasteiger partial charge is 0.497 e. The number of hydrogen-bond donors (Lipinski definition) is 0. The van der Waals surface area contributed by atoms with E-state index in [-0.39, 0.29) is 16.9 Å². The molecule has 0 saturated heterocycles. The van der Waals surface area contributed by atoms with E-state index in [1.54, 1.807) is 25.6 Å². The molecule has 0 fully saturated rings. The fourth-order valence-corrected chi connectivity index (χ4v) is 5.85. The van der Waals surface area contributed by atoms with Crippen molar-refractivity contribution in [3.05, 3.63) is 118 Å². The van der Waals surface area contributed by atoms with Gasteiger partial charge in [0.05, 0.1) is 14.2 Å². The topological polar surface area (TPSA) is 102 Å². The minimum atomic E-state index is -0.856. The smallest absolute Gasteiger partial charge is 0.172 e. The van der Waals surface area contributed by atoms with Crippen molar-refractivity contribution in [3.8, 4) is 40.1 Å². The Morgan fingerprint density at radius 3 is 1.75 bits per heavy atom. The lowest BCUT2D eigenvalue weighted by Crippen LogP contribution is -2.20. The highest BCUT2D eigenvalue weighted by atomic mass is 32.1. The maximum absolute atomic E-state index is 9.80. The summed E-state index contributed by atoms with van der Waals surface area (Å²) in [6.07, 6.45) is 3.76. The molecule has 0 atom stereocenters. The molecular weight excluding hydrogens is 568 g/mol. The highest BCUT2D eigenvalue weighted by Gasteiger charge is 2.38. The number of rotatable bonds is 8. The quantitative estimate of drug-likeness (QED) is 0.187. The zero-order chi connectivity index (χ0) is 31.3. The van der Waals surface area contributed by atoms with Gasteiger partial charge in [-0.05, 0) is 98.3 Å². The van der Waals surface area contributed by atoms with Crippen molar-refractivity contribution in [2.45, 2.75) is 19.4 Å². The lowest BCUT2D eigenvalue weighted by Gasteiger charge is -2.26. The minimum Gasteiger partial charge on any atom is -0.497 e. The third-order valence-corrected chi connectivity index (χ3v) is 8.28. The molecule has 0 N–H and O–H groups in total. The van der Waals surface area contributed by atoms with Crippen molar-refractivity contribution >= 4 is 34.5 Å². The van der Waals surface area contributed by atoms with Crippen molar-refractivity contribution in [3.63, 3.8) is 0 Å². The normalized spacial score (nSPS) is 13.5. The zero-order valence-corrected chi connectivity index (χ0v) is 25.5. The number of anilines is 3. The number of benzene rings is 3. The van der Waals surface area contributed by atoms with Crippen LogP contribution >= 0.6 is 11.3 Å². The maximum Gasteiger partial charge on any atom is 0.172 e. The van der Waals surface area contributed by atoms with Gasteiger partial charge in [0.1, 0.15) is 40.9 Å². The lowest BCUT2D eigenvalue weighted by molar-refractivity contribution is 0.0954. The van der Waals surface area contributed by atoms with Gasteiger partial charge in [0.15, 0.2) is 11.3 Å². The second kappa shape index (κ2) is 12.6. The summed E-state index contributed by atoms with van der Waals surface area (Å²) in [4.78, 5) is 4.25. The van der Waals surface area contributed by atoms with E-state index in [1.807, 2.05) is 92.7 Å². The third kappa shape index (κ3) is 5.92. The highest BCUT2D eigenvalue weighted by molar-refractivity contribution is 7.16. The summed E-state index contributed by atoms with van der Waals surface area (Å²) >= 11 is 1.62. The molecule has 44 heavy (non-hydrogen) atoms. The summed E-state index contributed by atoms with van der Waals surface area (Å²) < 4.78 is 16.6. The molecule has 8 heteroatoms. The number of thiophene rings is 1. The molecule has 4 aromatic rings. The molecule has 1 aliphatic heterocycles. The van der Waals surface area contributed by atoms with Crippen molar-refractivity contribution < 1.29 is 14.2 Å². The van der Waals surface area contributed by atoms with Gasteiger partial charge in [-0.1, -0.05) is 18.2 Å². The van der Waals surface area contributed by atoms with E-state index >= 15 is 0 Å². The van der Waals surface area contributed by atoms with Crippen LogP contribution in [0.1, 0.15) is 18.7 Å². The second-order valence-corrected chi connectivity index (χ2v) is 11.4. The monoisotopic (exact) mass is 596 g/mol. The number of ether oxygens (including phenoxy) is 3. The highest BCUT2D eigenvalue weighted by Crippen LogP contribution is 2.41. The number of hydrogen-bond acceptors (Lipinski definition) is 8. The predicted molar refractivity (Wildman–Crippen MR) is 173 cm³/mol. The molecular formula is C36H28N4O3S. The SMILES string of the molecule is COc1ccc(N(c2ccc(OC)cc2)c2ccc(-c3ccc(/C=C/C4=C(C#N)C(=C(C#N)C#N)OC4(C)C)s3)cc2)cc1. The first kappa shape index (κ1) is 29.7. The van der Waals surface area contributed by atoms with Gasteiger partial charge in [-0.3, -0.25) is 0 Å². The average Bonchev–Trinajstić information content (AvgIpc) is 3.63. The summed E-state index contributed by atoms with van der Waals surface area (Å²) in [5.74, 6) is 1.61. The van der Waals surface area contributed by atoms with Gasteiger partial charge in [-0.2, -0.15) is 15.8 Å². The van der Waals surface area contributed by atoms with Gasteiger partial charge in [0, 0.05) is 32.4 Å². The van der Waals surface area contributed by atoms with E-state index in [2.05, 4.69) is 41.3 Å². The molecule has 7 nitrogen and oxygen atoms in total. The van der Waals surface area contributed by atoms with Gasteiger partial charge in [-0.15, -0.1) is 11.3 Å². The standard InChI is InChI=1S/C36H28N4O3S/c1-36(2)33(32(23-39)35(43-36)25(21-37)22-38)19-17-31-18-20-34(44-31)24-5-7-26(8-6-24)40(27-9-13-29(41-3)14-10-27)28-11-15-30(42-4)16-12-28/h5-20H,1-4H3/b19-17+. The molecule has 0 aliphatic carbocycles. The van der Waals surface area contributed by atoms with Gasteiger partial charge >= 0.3 is 0 Å². The second-order valence-electron chi connectivity index (χ2n) is 10.3. The van der Waals surface area contributed by atoms with Crippen LogP contribution in [0.5, 0.6) is 11.5 Å². The molecule has 5 rings (SSSR count). The Kier molecular flexibility index (Phi) is 8.54. The fraction of sp³-hybridized carbons (Fsp3) is 0.139. The average molecular weight is 597 g/mol. The van der Waals surface area contributed by atoms with Crippen LogP contribution < -0.4 is 14.4 Å². The van der Waals surface area contributed by atoms with E-state index in [0.29, 0.717) is 5.57 Å². The van der Waals surface area contributed by atoms with E-state index in [1.165, 1.54) is 0 Å². The molecule has 0 radical (unpaired) electrons. The van der Waals surface area contributed by atoms with Crippen molar-refractivity contribution in [1.82, 2.24) is 0 Å². The van der Waals surface area contributed by atoms with Crippen LogP contribution in [0.4, 0.5) is 17.1 Å². The first-order valence-electron chi connectivity index (χ1n) is 13.7. The Labute approximate surface area is 261 Å². The van der Waals surface area contributed by atoms with Crippen molar-refractivity contribution in [2.75, 3.05) is 19.1 Å². The van der Waals surface area contributed by atoms with Crippen molar-refractivity contribution in [1.29, 1.82) is 15.8 Å². The van der Waals surface area contributed by atoms with Crippen molar-refractivity contribution in [2.24, 2.45) is 0 Å². The Hall–Kier alpha value is -5.75. The van der Waals surface area contributed by atoms with Crippen LogP contribution in [0.2, 0.25) is 0 Å². The van der Waals surface area contributed by atoms with Gasteiger partial charge in [0.2, 0.25) is 0 Å². The molecule has 1 aliphatic rings. The molecule has 0 unspecified atom stereocenters. The summed E-state index contributed by atoms with van der Waals surface area (Å²) in [5, 5.41) is 28.4. The van der Waals surface area contributed by atoms with Gasteiger partial charge in [-0.25, -0.2) is 0 Å². The van der Waals surface area contributed by atoms with E-state index < -0.39 is 5.60 Å². The number of nitrogens with zero attached hydrogens (tertiary/aromatic N) is 4. The zero-order valence-electron chi connectivity index (χ0n) is 24.7. The molecule has 1 aromatic heterocycles. The van der Waals surface area contributed by atoms with Crippen LogP contribution in [0, 0.1) is 34.0 Å². The minimum absolute atomic E-state index is 0.0347. The summed E-state index contributed by atoms with van der Waals surface area (Å²) in [7, 11) is 3.31. The first-order valence-corrected chi connectivity index (χ1v) is 14.5. The fourth-order valence-electron chi connectivity index (χ4n) is 4.93. The van der Waals surface area contributed by atoms with Gasteiger partial charge < -0.3 is 19.1 Å². The Morgan fingerprint density at radius 2 is 1.27 bits per heavy atom. The first-order chi connectivity index (χ1) is 21.3. The number of allylic oxidation sites excluding steroid dienone is 2. The summed E-state index contributed by atoms with van der Waals surface area (Å²) in [6.45, 7) is 3.62. The Morgan fingerprint density at radius 1 is 0.750 bits per heavy atom. The number of methoxy groups -OCH3 is 2. The van der Waals surface area contributed by atoms with Crippen LogP contribution in [0.25, 0.3) is 16.5 Å². The Balaban J connectivity index is 1.43. The molecule has 0 bridgehead atoms. The molecule has 0 amide bonds. The van der Waals surface area contributed by atoms with Gasteiger partial charge in [0.25, 0.3) is 0 Å². The molecule has 0 saturated carbocycles. The molecule has 0 spiro atoms. The van der Waals surface area contributed by atoms with E-state index in [0.717, 1.165) is 43.9 Å². The van der Waals surface area contributed by atoms with E-state index in [4.69, 9.17) is 14.2 Å². The molecule has 216 valence electrons. The molecule has 3 aromatic carbocycles. The van der Waals surface area contributed by atoms with Crippen LogP contribution in [0.3, 0.4) is 0 Å². The maximum atomic E-state index is 9.80. The number of nitriles is 3. The van der Waals surface area contributed by atoms with Crippen LogP contribution in [0.15, 0.2) is 113 Å². The lowest BCUT2D eigenvalue weighted by atomic mass is 9.94. The van der Waals surface area contributed by atoms with Crippen LogP contribution in [-0.2, 0) is 4.74 Å². The summed E-state index contributed by atoms with van der Waals surface area (Å²) in [5.41, 5.74) is 3.81. The van der Waals surface area contributed by atoms with Crippen LogP contribution in [-0.4, -0.2) is 19.8 Å². The predicted octanol–water partition coefficient (Wildman–Crippen LogP) is 8.85.